The molecule has 0 spiro atoms. The number of aryl methyl sites for hydroxylation is 1. The minimum atomic E-state index is 0.635. The molecule has 0 unspecified atom stereocenters. The molecule has 0 radical (unpaired) electrons. The van der Waals surface area contributed by atoms with Crippen molar-refractivity contribution in [2.24, 2.45) is 0 Å². The number of nitrogens with one attached hydrogen (secondary N) is 1. The van der Waals surface area contributed by atoms with Gasteiger partial charge < -0.3 is 14.8 Å². The number of rotatable bonds is 6. The number of aromatic nitrogens is 1. The van der Waals surface area contributed by atoms with E-state index in [0.29, 0.717) is 5.88 Å². The molecule has 0 saturated carbocycles. The van der Waals surface area contributed by atoms with Gasteiger partial charge in [0.2, 0.25) is 5.88 Å². The Morgan fingerprint density at radius 3 is 2.45 bits per heavy atom. The minimum absolute atomic E-state index is 0.635. The van der Waals surface area contributed by atoms with E-state index in [2.05, 4.69) is 23.3 Å². The second-order valence-corrected chi connectivity index (χ2v) is 4.52. The summed E-state index contributed by atoms with van der Waals surface area (Å²) in [5.41, 5.74) is 2.18. The van der Waals surface area contributed by atoms with E-state index in [0.717, 1.165) is 35.7 Å². The van der Waals surface area contributed by atoms with Crippen LogP contribution in [0.4, 0.5) is 0 Å². The first-order valence-electron chi connectivity index (χ1n) is 6.71. The van der Waals surface area contributed by atoms with Crippen LogP contribution >= 0.6 is 0 Å². The largest absolute Gasteiger partial charge is 0.497 e. The lowest BCUT2D eigenvalue weighted by Gasteiger charge is -2.10. The van der Waals surface area contributed by atoms with Crippen LogP contribution in [0.5, 0.6) is 17.4 Å². The molecule has 0 aliphatic carbocycles. The van der Waals surface area contributed by atoms with Crippen LogP contribution in [0.3, 0.4) is 0 Å². The summed E-state index contributed by atoms with van der Waals surface area (Å²) < 4.78 is 10.9. The second-order valence-electron chi connectivity index (χ2n) is 4.52. The zero-order chi connectivity index (χ0) is 14.4. The van der Waals surface area contributed by atoms with Crippen molar-refractivity contribution in [3.05, 3.63) is 47.7 Å². The van der Waals surface area contributed by atoms with E-state index in [4.69, 9.17) is 9.47 Å². The van der Waals surface area contributed by atoms with Gasteiger partial charge >= 0.3 is 0 Å². The van der Waals surface area contributed by atoms with Crippen LogP contribution in [-0.4, -0.2) is 18.6 Å². The maximum Gasteiger partial charge on any atom is 0.222 e. The fourth-order valence-corrected chi connectivity index (χ4v) is 1.85. The predicted octanol–water partition coefficient (Wildman–Crippen LogP) is 3.30. The molecular weight excluding hydrogens is 252 g/mol. The Hall–Kier alpha value is -2.07. The highest BCUT2D eigenvalue weighted by Crippen LogP contribution is 2.25. The molecule has 4 heteroatoms. The van der Waals surface area contributed by atoms with Gasteiger partial charge in [0.25, 0.3) is 0 Å². The topological polar surface area (TPSA) is 43.4 Å². The van der Waals surface area contributed by atoms with Crippen LogP contribution in [0.25, 0.3) is 0 Å². The van der Waals surface area contributed by atoms with Crippen LogP contribution in [0.1, 0.15) is 18.1 Å². The molecule has 1 N–H and O–H groups in total. The zero-order valence-electron chi connectivity index (χ0n) is 12.1. The normalized spacial score (nSPS) is 10.3. The average molecular weight is 272 g/mol. The number of ether oxygens (including phenoxy) is 2. The van der Waals surface area contributed by atoms with Gasteiger partial charge in [-0.15, -0.1) is 0 Å². The summed E-state index contributed by atoms with van der Waals surface area (Å²) in [6.45, 7) is 5.86. The van der Waals surface area contributed by atoms with Crippen molar-refractivity contribution in [1.82, 2.24) is 10.3 Å². The van der Waals surface area contributed by atoms with Crippen LogP contribution in [0.15, 0.2) is 36.5 Å². The molecule has 0 aliphatic rings. The quantitative estimate of drug-likeness (QED) is 0.876. The highest BCUT2D eigenvalue weighted by Gasteiger charge is 2.05. The lowest BCUT2D eigenvalue weighted by atomic mass is 10.2. The number of hydrogen-bond acceptors (Lipinski definition) is 4. The maximum absolute atomic E-state index is 5.78. The second kappa shape index (κ2) is 6.91. The van der Waals surface area contributed by atoms with Gasteiger partial charge in [-0.25, -0.2) is 4.98 Å². The van der Waals surface area contributed by atoms with E-state index in [9.17, 15) is 0 Å². The zero-order valence-corrected chi connectivity index (χ0v) is 12.1. The van der Waals surface area contributed by atoms with Crippen LogP contribution in [-0.2, 0) is 6.54 Å². The van der Waals surface area contributed by atoms with Gasteiger partial charge in [0.05, 0.1) is 7.11 Å². The number of methoxy groups -OCH3 is 1. The number of pyridine rings is 1. The molecule has 1 aromatic carbocycles. The van der Waals surface area contributed by atoms with E-state index in [1.54, 1.807) is 7.11 Å². The molecule has 0 atom stereocenters. The SMILES string of the molecule is CCNCc1cnc(Oc2ccc(OC)cc2)c(C)c1. The van der Waals surface area contributed by atoms with Gasteiger partial charge in [0.1, 0.15) is 11.5 Å². The molecule has 4 nitrogen and oxygen atoms in total. The number of nitrogens with zero attached hydrogens (tertiary/aromatic N) is 1. The fourth-order valence-electron chi connectivity index (χ4n) is 1.85. The van der Waals surface area contributed by atoms with Gasteiger partial charge in [-0.3, -0.25) is 0 Å². The Balaban J connectivity index is 2.08. The Morgan fingerprint density at radius 1 is 1.15 bits per heavy atom. The Labute approximate surface area is 119 Å². The molecule has 20 heavy (non-hydrogen) atoms. The summed E-state index contributed by atoms with van der Waals surface area (Å²) in [4.78, 5) is 4.38. The van der Waals surface area contributed by atoms with Gasteiger partial charge in [-0.1, -0.05) is 6.92 Å². The average Bonchev–Trinajstić information content (AvgIpc) is 2.48. The van der Waals surface area contributed by atoms with Crippen molar-refractivity contribution in [3.8, 4) is 17.4 Å². The standard InChI is InChI=1S/C16H20N2O2/c1-4-17-10-13-9-12(2)16(18-11-13)20-15-7-5-14(19-3)6-8-15/h5-9,11,17H,4,10H2,1-3H3. The summed E-state index contributed by atoms with van der Waals surface area (Å²) in [7, 11) is 1.64. The van der Waals surface area contributed by atoms with E-state index < -0.39 is 0 Å². The van der Waals surface area contributed by atoms with E-state index in [-0.39, 0.29) is 0 Å². The van der Waals surface area contributed by atoms with Gasteiger partial charge in [0, 0.05) is 18.3 Å². The molecule has 0 fully saturated rings. The molecule has 0 saturated heterocycles. The van der Waals surface area contributed by atoms with Crippen molar-refractivity contribution in [2.45, 2.75) is 20.4 Å². The van der Waals surface area contributed by atoms with E-state index in [1.165, 1.54) is 0 Å². The Morgan fingerprint density at radius 2 is 1.85 bits per heavy atom. The maximum atomic E-state index is 5.78. The smallest absolute Gasteiger partial charge is 0.222 e. The summed E-state index contributed by atoms with van der Waals surface area (Å²) in [5, 5.41) is 3.28. The highest BCUT2D eigenvalue weighted by atomic mass is 16.5. The first-order chi connectivity index (χ1) is 9.72. The van der Waals surface area contributed by atoms with E-state index in [1.807, 2.05) is 37.4 Å². The Kier molecular flexibility index (Phi) is 4.96. The lowest BCUT2D eigenvalue weighted by molar-refractivity contribution is 0.412. The minimum Gasteiger partial charge on any atom is -0.497 e. The van der Waals surface area contributed by atoms with Crippen molar-refractivity contribution in [2.75, 3.05) is 13.7 Å². The van der Waals surface area contributed by atoms with Crippen LogP contribution in [0, 0.1) is 6.92 Å². The van der Waals surface area contributed by atoms with Gasteiger partial charge in [-0.2, -0.15) is 0 Å². The van der Waals surface area contributed by atoms with Crippen molar-refractivity contribution >= 4 is 0 Å². The first-order valence-corrected chi connectivity index (χ1v) is 6.71. The molecule has 0 aliphatic heterocycles. The third-order valence-electron chi connectivity index (χ3n) is 2.94. The molecule has 0 amide bonds. The third kappa shape index (κ3) is 3.71. The predicted molar refractivity (Wildman–Crippen MR) is 79.4 cm³/mol. The summed E-state index contributed by atoms with van der Waals surface area (Å²) in [5.74, 6) is 2.19. The monoisotopic (exact) mass is 272 g/mol. The van der Waals surface area contributed by atoms with Gasteiger partial charge in [0.15, 0.2) is 0 Å². The molecule has 2 rings (SSSR count). The molecule has 1 heterocycles. The molecule has 0 bridgehead atoms. The molecule has 106 valence electrons. The van der Waals surface area contributed by atoms with Crippen molar-refractivity contribution in [3.63, 3.8) is 0 Å². The van der Waals surface area contributed by atoms with Crippen molar-refractivity contribution in [1.29, 1.82) is 0 Å². The van der Waals surface area contributed by atoms with Crippen LogP contribution in [0.2, 0.25) is 0 Å². The lowest BCUT2D eigenvalue weighted by Crippen LogP contribution is -2.12. The molecular formula is C16H20N2O2. The Bertz CT molecular complexity index is 553. The molecule has 1 aromatic heterocycles. The molecule has 2 aromatic rings. The fraction of sp³-hybridized carbons (Fsp3) is 0.312. The summed E-state index contributed by atoms with van der Waals surface area (Å²) >= 11 is 0. The number of benzene rings is 1. The van der Waals surface area contributed by atoms with Crippen molar-refractivity contribution < 1.29 is 9.47 Å². The summed E-state index contributed by atoms with van der Waals surface area (Å²) in [6, 6.07) is 9.56. The van der Waals surface area contributed by atoms with Crippen LogP contribution < -0.4 is 14.8 Å². The summed E-state index contributed by atoms with van der Waals surface area (Å²) in [6.07, 6.45) is 1.84. The van der Waals surface area contributed by atoms with E-state index >= 15 is 0 Å². The first kappa shape index (κ1) is 14.3. The highest BCUT2D eigenvalue weighted by molar-refractivity contribution is 5.36. The third-order valence-corrected chi connectivity index (χ3v) is 2.94. The number of hydrogen-bond donors (Lipinski definition) is 1. The van der Waals surface area contributed by atoms with Gasteiger partial charge in [-0.05, 0) is 49.4 Å².